The van der Waals surface area contributed by atoms with E-state index in [0.717, 1.165) is 51.7 Å². The number of nitrogens with one attached hydrogen (secondary N) is 1. The van der Waals surface area contributed by atoms with E-state index in [9.17, 15) is 0 Å². The van der Waals surface area contributed by atoms with Gasteiger partial charge >= 0.3 is 0 Å². The van der Waals surface area contributed by atoms with Crippen LogP contribution in [0.3, 0.4) is 0 Å². The predicted octanol–water partition coefficient (Wildman–Crippen LogP) is 5.18. The predicted molar refractivity (Wildman–Crippen MR) is 119 cm³/mol. The lowest BCUT2D eigenvalue weighted by atomic mass is 10.1. The van der Waals surface area contributed by atoms with Crippen molar-refractivity contribution in [3.05, 3.63) is 35.7 Å². The molecule has 0 saturated carbocycles. The first-order valence-corrected chi connectivity index (χ1v) is 10.2. The molecule has 0 bridgehead atoms. The highest BCUT2D eigenvalue weighted by Crippen LogP contribution is 2.37. The summed E-state index contributed by atoms with van der Waals surface area (Å²) in [5.74, 6) is 1.94. The molecule has 0 aliphatic carbocycles. The van der Waals surface area contributed by atoms with Crippen molar-refractivity contribution in [1.29, 1.82) is 0 Å². The normalized spacial score (nSPS) is 12.6. The first kappa shape index (κ1) is 21.1. The number of hydrogen-bond donors (Lipinski definition) is 1. The smallest absolute Gasteiger partial charge is 0.147 e. The van der Waals surface area contributed by atoms with Crippen molar-refractivity contribution in [2.75, 3.05) is 32.7 Å². The summed E-state index contributed by atoms with van der Waals surface area (Å²) in [7, 11) is 3.41. The number of rotatable bonds is 8. The zero-order valence-corrected chi connectivity index (χ0v) is 18.5. The highest BCUT2D eigenvalue weighted by atomic mass is 16.5. The Morgan fingerprint density at radius 1 is 1.14 bits per heavy atom. The molecule has 3 rings (SSSR count). The summed E-state index contributed by atoms with van der Waals surface area (Å²) < 4.78 is 13.3. The highest BCUT2D eigenvalue weighted by molar-refractivity contribution is 5.88. The van der Waals surface area contributed by atoms with Crippen molar-refractivity contribution >= 4 is 16.9 Å². The fourth-order valence-corrected chi connectivity index (χ4v) is 3.64. The Morgan fingerprint density at radius 3 is 2.52 bits per heavy atom. The molecule has 0 spiro atoms. The number of nitrogens with zero attached hydrogens (tertiary/aromatic N) is 3. The third-order valence-electron chi connectivity index (χ3n) is 5.16. The lowest BCUT2D eigenvalue weighted by Gasteiger charge is -2.17. The van der Waals surface area contributed by atoms with Crippen LogP contribution < -0.4 is 10.1 Å². The number of methoxy groups -OCH3 is 2. The molecule has 0 saturated heterocycles. The molecular weight excluding hydrogens is 364 g/mol. The van der Waals surface area contributed by atoms with E-state index >= 15 is 0 Å². The molecule has 0 radical (unpaired) electrons. The Balaban J connectivity index is 2.21. The average Bonchev–Trinajstić information content (AvgIpc) is 3.03. The second-order valence-corrected chi connectivity index (χ2v) is 7.75. The minimum atomic E-state index is 0.206. The molecule has 3 heterocycles. The van der Waals surface area contributed by atoms with E-state index in [4.69, 9.17) is 19.4 Å². The lowest BCUT2D eigenvalue weighted by Crippen LogP contribution is -2.10. The van der Waals surface area contributed by atoms with Crippen molar-refractivity contribution in [1.82, 2.24) is 14.5 Å². The van der Waals surface area contributed by atoms with Gasteiger partial charge in [-0.05, 0) is 44.4 Å². The Labute approximate surface area is 173 Å². The fraction of sp³-hybridized carbons (Fsp3) is 0.478. The number of aryl methyl sites for hydroxylation is 1. The zero-order valence-electron chi connectivity index (χ0n) is 18.5. The van der Waals surface area contributed by atoms with Crippen molar-refractivity contribution in [3.8, 4) is 17.0 Å². The lowest BCUT2D eigenvalue weighted by molar-refractivity contribution is 0.164. The van der Waals surface area contributed by atoms with Crippen LogP contribution >= 0.6 is 0 Å². The van der Waals surface area contributed by atoms with Gasteiger partial charge in [0.15, 0.2) is 0 Å². The second-order valence-electron chi connectivity index (χ2n) is 7.75. The summed E-state index contributed by atoms with van der Waals surface area (Å²) >= 11 is 0. The summed E-state index contributed by atoms with van der Waals surface area (Å²) in [5, 5.41) is 3.40. The molecule has 0 aromatic carbocycles. The SMILES string of the molecule is CCNc1nc(C(C)C)ccc1-c1nc2c(C)cn([C@@H](C)COC)c2cc1OC. The Morgan fingerprint density at radius 2 is 1.90 bits per heavy atom. The minimum absolute atomic E-state index is 0.206. The molecule has 3 aromatic rings. The Kier molecular flexibility index (Phi) is 6.42. The first-order chi connectivity index (χ1) is 13.9. The van der Waals surface area contributed by atoms with Crippen LogP contribution in [0, 0.1) is 6.92 Å². The third-order valence-corrected chi connectivity index (χ3v) is 5.16. The van der Waals surface area contributed by atoms with E-state index in [2.05, 4.69) is 68.9 Å². The van der Waals surface area contributed by atoms with Gasteiger partial charge in [-0.2, -0.15) is 0 Å². The van der Waals surface area contributed by atoms with E-state index in [-0.39, 0.29) is 6.04 Å². The van der Waals surface area contributed by atoms with E-state index in [1.807, 2.05) is 0 Å². The standard InChI is InChI=1S/C23H32N4O2/c1-8-24-23-17(9-10-18(25-23)14(2)3)22-20(29-7)11-19-21(26-22)15(4)12-27(19)16(5)13-28-6/h9-12,14,16H,8,13H2,1-7H3,(H,24,25)/t16-/m0/s1. The van der Waals surface area contributed by atoms with Crippen LogP contribution in [0.25, 0.3) is 22.3 Å². The molecule has 0 aliphatic rings. The molecule has 1 N–H and O–H groups in total. The van der Waals surface area contributed by atoms with E-state index < -0.39 is 0 Å². The minimum Gasteiger partial charge on any atom is -0.494 e. The van der Waals surface area contributed by atoms with Gasteiger partial charge in [0.1, 0.15) is 17.3 Å². The first-order valence-electron chi connectivity index (χ1n) is 10.2. The summed E-state index contributed by atoms with van der Waals surface area (Å²) in [6.45, 7) is 12.0. The van der Waals surface area contributed by atoms with Crippen LogP contribution in [0.15, 0.2) is 24.4 Å². The van der Waals surface area contributed by atoms with Gasteiger partial charge in [0.2, 0.25) is 0 Å². The van der Waals surface area contributed by atoms with Crippen molar-refractivity contribution < 1.29 is 9.47 Å². The van der Waals surface area contributed by atoms with Crippen LogP contribution in [0.1, 0.15) is 50.9 Å². The number of ether oxygens (including phenoxy) is 2. The van der Waals surface area contributed by atoms with Gasteiger partial charge in [-0.1, -0.05) is 13.8 Å². The fourth-order valence-electron chi connectivity index (χ4n) is 3.64. The Hall–Kier alpha value is -2.60. The molecule has 6 heteroatoms. The topological polar surface area (TPSA) is 61.2 Å². The molecule has 6 nitrogen and oxygen atoms in total. The molecule has 3 aromatic heterocycles. The highest BCUT2D eigenvalue weighted by Gasteiger charge is 2.20. The van der Waals surface area contributed by atoms with Gasteiger partial charge in [-0.25, -0.2) is 9.97 Å². The van der Waals surface area contributed by atoms with E-state index in [0.29, 0.717) is 12.5 Å². The van der Waals surface area contributed by atoms with Crippen LogP contribution in [0.4, 0.5) is 5.82 Å². The van der Waals surface area contributed by atoms with Gasteiger partial charge in [0.25, 0.3) is 0 Å². The number of fused-ring (bicyclic) bond motifs is 1. The van der Waals surface area contributed by atoms with Gasteiger partial charge < -0.3 is 19.4 Å². The number of hydrogen-bond acceptors (Lipinski definition) is 5. The van der Waals surface area contributed by atoms with Gasteiger partial charge in [-0.15, -0.1) is 0 Å². The van der Waals surface area contributed by atoms with Crippen molar-refractivity contribution in [2.45, 2.75) is 46.6 Å². The third kappa shape index (κ3) is 4.08. The van der Waals surface area contributed by atoms with Gasteiger partial charge in [0, 0.05) is 37.2 Å². The summed E-state index contributed by atoms with van der Waals surface area (Å²) in [6, 6.07) is 6.45. The molecule has 1 atom stereocenters. The Bertz CT molecular complexity index is 994. The summed E-state index contributed by atoms with van der Waals surface area (Å²) in [4.78, 5) is 9.88. The maximum absolute atomic E-state index is 5.76. The second kappa shape index (κ2) is 8.82. The van der Waals surface area contributed by atoms with Crippen molar-refractivity contribution in [3.63, 3.8) is 0 Å². The monoisotopic (exact) mass is 396 g/mol. The zero-order chi connectivity index (χ0) is 21.1. The van der Waals surface area contributed by atoms with Crippen LogP contribution in [-0.4, -0.2) is 41.9 Å². The quantitative estimate of drug-likeness (QED) is 0.569. The van der Waals surface area contributed by atoms with Crippen LogP contribution in [-0.2, 0) is 4.74 Å². The summed E-state index contributed by atoms with van der Waals surface area (Å²) in [5.41, 5.74) is 5.96. The number of anilines is 1. The molecule has 0 fully saturated rings. The molecule has 156 valence electrons. The number of aromatic nitrogens is 3. The van der Waals surface area contributed by atoms with Gasteiger partial charge in [0.05, 0.1) is 30.8 Å². The molecule has 0 aliphatic heterocycles. The average molecular weight is 397 g/mol. The molecule has 0 unspecified atom stereocenters. The molecule has 0 amide bonds. The van der Waals surface area contributed by atoms with E-state index in [1.54, 1.807) is 14.2 Å². The molecular formula is C23H32N4O2. The largest absolute Gasteiger partial charge is 0.494 e. The van der Waals surface area contributed by atoms with Crippen LogP contribution in [0.5, 0.6) is 5.75 Å². The van der Waals surface area contributed by atoms with Gasteiger partial charge in [-0.3, -0.25) is 0 Å². The maximum atomic E-state index is 5.76. The van der Waals surface area contributed by atoms with Crippen LogP contribution in [0.2, 0.25) is 0 Å². The van der Waals surface area contributed by atoms with E-state index in [1.165, 1.54) is 0 Å². The van der Waals surface area contributed by atoms with Crippen molar-refractivity contribution in [2.24, 2.45) is 0 Å². The number of pyridine rings is 2. The summed E-state index contributed by atoms with van der Waals surface area (Å²) in [6.07, 6.45) is 2.13. The molecule has 29 heavy (non-hydrogen) atoms. The maximum Gasteiger partial charge on any atom is 0.147 e.